The van der Waals surface area contributed by atoms with Crippen LogP contribution in [0, 0.1) is 0 Å². The number of hydrogen-bond acceptors (Lipinski definition) is 3. The summed E-state index contributed by atoms with van der Waals surface area (Å²) in [6, 6.07) is 15.5. The largest absolute Gasteiger partial charge is 0.459 e. The van der Waals surface area contributed by atoms with E-state index in [0.717, 1.165) is 11.1 Å². The summed E-state index contributed by atoms with van der Waals surface area (Å²) in [5, 5.41) is 0.649. The molecule has 19 heavy (non-hydrogen) atoms. The molecule has 0 aromatic heterocycles. The van der Waals surface area contributed by atoms with Crippen molar-refractivity contribution in [1.82, 2.24) is 0 Å². The SMILES string of the molecule is NC(C(=O)OCc1ccc(Cl)cc1)c1ccccc1. The molecule has 98 valence electrons. The second kappa shape index (κ2) is 6.36. The average Bonchev–Trinajstić information content (AvgIpc) is 2.46. The fourth-order valence-corrected chi connectivity index (χ4v) is 1.75. The Morgan fingerprint density at radius 3 is 2.37 bits per heavy atom. The molecule has 0 saturated carbocycles. The monoisotopic (exact) mass is 275 g/mol. The van der Waals surface area contributed by atoms with Gasteiger partial charge in [-0.2, -0.15) is 0 Å². The van der Waals surface area contributed by atoms with Gasteiger partial charge < -0.3 is 10.5 Å². The van der Waals surface area contributed by atoms with Gasteiger partial charge in [-0.3, -0.25) is 0 Å². The maximum Gasteiger partial charge on any atom is 0.327 e. The van der Waals surface area contributed by atoms with Crippen LogP contribution < -0.4 is 5.73 Å². The third kappa shape index (κ3) is 3.81. The van der Waals surface area contributed by atoms with Crippen LogP contribution in [0.5, 0.6) is 0 Å². The second-order valence-electron chi connectivity index (χ2n) is 4.12. The van der Waals surface area contributed by atoms with Crippen LogP contribution in [0.15, 0.2) is 54.6 Å². The van der Waals surface area contributed by atoms with Crippen molar-refractivity contribution in [2.24, 2.45) is 5.73 Å². The van der Waals surface area contributed by atoms with Gasteiger partial charge >= 0.3 is 5.97 Å². The number of hydrogen-bond donors (Lipinski definition) is 1. The van der Waals surface area contributed by atoms with Crippen molar-refractivity contribution in [3.63, 3.8) is 0 Å². The van der Waals surface area contributed by atoms with E-state index in [-0.39, 0.29) is 6.61 Å². The minimum Gasteiger partial charge on any atom is -0.459 e. The van der Waals surface area contributed by atoms with Crippen LogP contribution in [0.25, 0.3) is 0 Å². The van der Waals surface area contributed by atoms with Crippen molar-refractivity contribution >= 4 is 17.6 Å². The predicted octanol–water partition coefficient (Wildman–Crippen LogP) is 3.08. The maximum atomic E-state index is 11.8. The Kier molecular flexibility index (Phi) is 4.55. The van der Waals surface area contributed by atoms with Gasteiger partial charge in [-0.15, -0.1) is 0 Å². The highest BCUT2D eigenvalue weighted by Gasteiger charge is 2.16. The fourth-order valence-electron chi connectivity index (χ4n) is 1.62. The van der Waals surface area contributed by atoms with E-state index in [9.17, 15) is 4.79 Å². The van der Waals surface area contributed by atoms with Gasteiger partial charge in [-0.05, 0) is 23.3 Å². The van der Waals surface area contributed by atoms with Crippen molar-refractivity contribution in [3.05, 3.63) is 70.7 Å². The highest BCUT2D eigenvalue weighted by atomic mass is 35.5. The molecular formula is C15H14ClNO2. The summed E-state index contributed by atoms with van der Waals surface area (Å²) in [4.78, 5) is 11.8. The van der Waals surface area contributed by atoms with Crippen molar-refractivity contribution in [3.8, 4) is 0 Å². The van der Waals surface area contributed by atoms with Gasteiger partial charge in [-0.25, -0.2) is 4.79 Å². The number of carbonyl (C=O) groups excluding carboxylic acids is 1. The zero-order valence-electron chi connectivity index (χ0n) is 10.3. The Bertz CT molecular complexity index is 540. The van der Waals surface area contributed by atoms with Gasteiger partial charge in [-0.1, -0.05) is 54.1 Å². The van der Waals surface area contributed by atoms with E-state index in [1.54, 1.807) is 24.3 Å². The van der Waals surface area contributed by atoms with E-state index in [4.69, 9.17) is 22.1 Å². The molecule has 3 nitrogen and oxygen atoms in total. The fraction of sp³-hybridized carbons (Fsp3) is 0.133. The molecule has 2 aromatic rings. The lowest BCUT2D eigenvalue weighted by molar-refractivity contribution is -0.146. The zero-order valence-corrected chi connectivity index (χ0v) is 11.0. The molecule has 1 unspecified atom stereocenters. The van der Waals surface area contributed by atoms with Crippen molar-refractivity contribution in [1.29, 1.82) is 0 Å². The maximum absolute atomic E-state index is 11.8. The molecule has 0 amide bonds. The number of nitrogens with two attached hydrogens (primary N) is 1. The van der Waals surface area contributed by atoms with E-state index >= 15 is 0 Å². The zero-order chi connectivity index (χ0) is 13.7. The van der Waals surface area contributed by atoms with Crippen LogP contribution >= 0.6 is 11.6 Å². The summed E-state index contributed by atoms with van der Waals surface area (Å²) < 4.78 is 5.18. The van der Waals surface area contributed by atoms with Crippen molar-refractivity contribution in [2.75, 3.05) is 0 Å². The predicted molar refractivity (Wildman–Crippen MR) is 74.6 cm³/mol. The first-order valence-corrected chi connectivity index (χ1v) is 6.26. The number of halogens is 1. The minimum atomic E-state index is -0.756. The Balaban J connectivity index is 1.93. The first kappa shape index (κ1) is 13.6. The highest BCUT2D eigenvalue weighted by molar-refractivity contribution is 6.30. The van der Waals surface area contributed by atoms with Crippen LogP contribution in [-0.2, 0) is 16.1 Å². The summed E-state index contributed by atoms with van der Waals surface area (Å²) in [6.07, 6.45) is 0. The molecule has 0 radical (unpaired) electrons. The van der Waals surface area contributed by atoms with Crippen molar-refractivity contribution < 1.29 is 9.53 Å². The standard InChI is InChI=1S/C15H14ClNO2/c16-13-8-6-11(7-9-13)10-19-15(18)14(17)12-4-2-1-3-5-12/h1-9,14H,10,17H2. The highest BCUT2D eigenvalue weighted by Crippen LogP contribution is 2.14. The third-order valence-corrected chi connectivity index (χ3v) is 2.96. The summed E-state index contributed by atoms with van der Waals surface area (Å²) >= 11 is 5.78. The molecule has 0 spiro atoms. The van der Waals surface area contributed by atoms with Crippen LogP contribution in [0.3, 0.4) is 0 Å². The second-order valence-corrected chi connectivity index (χ2v) is 4.56. The molecule has 2 aromatic carbocycles. The quantitative estimate of drug-likeness (QED) is 0.873. The van der Waals surface area contributed by atoms with E-state index in [2.05, 4.69) is 0 Å². The number of benzene rings is 2. The van der Waals surface area contributed by atoms with Crippen molar-refractivity contribution in [2.45, 2.75) is 12.6 Å². The number of carbonyl (C=O) groups is 1. The smallest absolute Gasteiger partial charge is 0.327 e. The van der Waals surface area contributed by atoms with Gasteiger partial charge in [0.15, 0.2) is 0 Å². The lowest BCUT2D eigenvalue weighted by Crippen LogP contribution is -2.23. The normalized spacial score (nSPS) is 11.9. The van der Waals surface area contributed by atoms with E-state index in [1.807, 2.05) is 30.3 Å². The van der Waals surface area contributed by atoms with Crippen LogP contribution in [0.1, 0.15) is 17.2 Å². The summed E-state index contributed by atoms with van der Waals surface area (Å²) in [5.74, 6) is -0.443. The molecule has 0 saturated heterocycles. The number of esters is 1. The third-order valence-electron chi connectivity index (χ3n) is 2.71. The first-order chi connectivity index (χ1) is 9.16. The van der Waals surface area contributed by atoms with Gasteiger partial charge in [0, 0.05) is 5.02 Å². The van der Waals surface area contributed by atoms with E-state index < -0.39 is 12.0 Å². The van der Waals surface area contributed by atoms with Gasteiger partial charge in [0.1, 0.15) is 12.6 Å². The van der Waals surface area contributed by atoms with Gasteiger partial charge in [0.25, 0.3) is 0 Å². The first-order valence-electron chi connectivity index (χ1n) is 5.88. The summed E-state index contributed by atoms with van der Waals surface area (Å²) in [5.41, 5.74) is 7.44. The van der Waals surface area contributed by atoms with Crippen LogP contribution in [-0.4, -0.2) is 5.97 Å². The molecule has 0 aliphatic carbocycles. The van der Waals surface area contributed by atoms with E-state index in [0.29, 0.717) is 5.02 Å². The molecule has 1 atom stereocenters. The number of rotatable bonds is 4. The molecule has 0 bridgehead atoms. The Morgan fingerprint density at radius 1 is 1.11 bits per heavy atom. The Labute approximate surface area is 117 Å². The summed E-state index contributed by atoms with van der Waals surface area (Å²) in [6.45, 7) is 0.191. The molecule has 2 rings (SSSR count). The molecular weight excluding hydrogens is 262 g/mol. The van der Waals surface area contributed by atoms with E-state index in [1.165, 1.54) is 0 Å². The molecule has 2 N–H and O–H groups in total. The lowest BCUT2D eigenvalue weighted by atomic mass is 10.1. The minimum absolute atomic E-state index is 0.191. The Hall–Kier alpha value is -1.84. The van der Waals surface area contributed by atoms with Gasteiger partial charge in [0.05, 0.1) is 0 Å². The summed E-state index contributed by atoms with van der Waals surface area (Å²) in [7, 11) is 0. The lowest BCUT2D eigenvalue weighted by Gasteiger charge is -2.11. The number of ether oxygens (including phenoxy) is 1. The Morgan fingerprint density at radius 2 is 1.74 bits per heavy atom. The average molecular weight is 276 g/mol. The topological polar surface area (TPSA) is 52.3 Å². The molecule has 4 heteroatoms. The molecule has 0 fully saturated rings. The molecule has 0 aliphatic rings. The van der Waals surface area contributed by atoms with Crippen LogP contribution in [0.4, 0.5) is 0 Å². The molecule has 0 heterocycles. The molecule has 0 aliphatic heterocycles. The van der Waals surface area contributed by atoms with Gasteiger partial charge in [0.2, 0.25) is 0 Å². The van der Waals surface area contributed by atoms with Crippen LogP contribution in [0.2, 0.25) is 5.02 Å².